The summed E-state index contributed by atoms with van der Waals surface area (Å²) in [4.78, 5) is 0. The third-order valence-corrected chi connectivity index (χ3v) is 3.16. The van der Waals surface area contributed by atoms with Crippen LogP contribution in [0.2, 0.25) is 0 Å². The Morgan fingerprint density at radius 2 is 1.93 bits per heavy atom. The molecule has 1 N–H and O–H groups in total. The zero-order chi connectivity index (χ0) is 9.80. The Bertz CT molecular complexity index is 277. The summed E-state index contributed by atoms with van der Waals surface area (Å²) in [5.74, 6) is 0.986. The first-order chi connectivity index (χ1) is 6.84. The lowest BCUT2D eigenvalue weighted by atomic mass is 10.1. The van der Waals surface area contributed by atoms with Crippen LogP contribution in [-0.4, -0.2) is 13.1 Å². The molecule has 0 bridgehead atoms. The molecule has 1 aromatic rings. The first kappa shape index (κ1) is 10.2. The number of benzene rings is 1. The summed E-state index contributed by atoms with van der Waals surface area (Å²) in [6, 6.07) is 8.58. The van der Waals surface area contributed by atoms with Crippen LogP contribution in [0.5, 0.6) is 0 Å². The van der Waals surface area contributed by atoms with Crippen molar-refractivity contribution < 1.29 is 0 Å². The third-order valence-electron chi connectivity index (χ3n) is 2.63. The molecule has 0 radical (unpaired) electrons. The predicted octanol–water partition coefficient (Wildman–Crippen LogP) is 2.99. The van der Waals surface area contributed by atoms with Gasteiger partial charge >= 0.3 is 0 Å². The van der Waals surface area contributed by atoms with Crippen LogP contribution in [0.4, 0.5) is 0 Å². The largest absolute Gasteiger partial charge is 0.316 e. The lowest BCUT2D eigenvalue weighted by molar-refractivity contribution is 0.637. The van der Waals surface area contributed by atoms with Gasteiger partial charge in [-0.3, -0.25) is 0 Å². The number of rotatable bonds is 5. The molecule has 0 atom stereocenters. The van der Waals surface area contributed by atoms with Crippen molar-refractivity contribution in [1.29, 1.82) is 0 Å². The van der Waals surface area contributed by atoms with E-state index >= 15 is 0 Å². The molecule has 0 unspecified atom stereocenters. The molecule has 0 aromatic heterocycles. The molecule has 0 heterocycles. The van der Waals surface area contributed by atoms with Crippen LogP contribution in [0, 0.1) is 5.92 Å². The molecule has 14 heavy (non-hydrogen) atoms. The van der Waals surface area contributed by atoms with Crippen LogP contribution in [0.25, 0.3) is 0 Å². The quantitative estimate of drug-likeness (QED) is 0.796. The van der Waals surface area contributed by atoms with E-state index in [4.69, 9.17) is 0 Å². The molecule has 2 rings (SSSR count). The Labute approximate surface area is 94.0 Å². The molecule has 0 saturated heterocycles. The lowest BCUT2D eigenvalue weighted by Crippen LogP contribution is -2.19. The van der Waals surface area contributed by atoms with Crippen molar-refractivity contribution in [3.05, 3.63) is 34.3 Å². The van der Waals surface area contributed by atoms with E-state index in [0.717, 1.165) is 23.4 Å². The number of nitrogens with one attached hydrogen (secondary N) is 1. The van der Waals surface area contributed by atoms with E-state index in [-0.39, 0.29) is 0 Å². The highest BCUT2D eigenvalue weighted by Crippen LogP contribution is 2.27. The number of halogens is 1. The maximum atomic E-state index is 3.50. The summed E-state index contributed by atoms with van der Waals surface area (Å²) in [6.07, 6.45) is 4.01. The van der Waals surface area contributed by atoms with E-state index in [2.05, 4.69) is 45.5 Å². The maximum absolute atomic E-state index is 3.50. The molecular weight excluding hydrogens is 238 g/mol. The van der Waals surface area contributed by atoms with E-state index < -0.39 is 0 Å². The van der Waals surface area contributed by atoms with Crippen LogP contribution in [0.3, 0.4) is 0 Å². The van der Waals surface area contributed by atoms with Crippen LogP contribution >= 0.6 is 15.9 Å². The second-order valence-electron chi connectivity index (χ2n) is 4.02. The maximum Gasteiger partial charge on any atom is 0.0175 e. The second kappa shape index (κ2) is 4.94. The number of hydrogen-bond acceptors (Lipinski definition) is 1. The minimum Gasteiger partial charge on any atom is -0.316 e. The summed E-state index contributed by atoms with van der Waals surface area (Å²) in [6.45, 7) is 2.33. The first-order valence-electron chi connectivity index (χ1n) is 5.30. The molecule has 1 aromatic carbocycles. The van der Waals surface area contributed by atoms with E-state index in [1.165, 1.54) is 24.9 Å². The van der Waals surface area contributed by atoms with Gasteiger partial charge in [-0.1, -0.05) is 28.1 Å². The molecule has 0 aliphatic heterocycles. The molecule has 1 nitrogen and oxygen atoms in total. The molecule has 2 heteroatoms. The average Bonchev–Trinajstić information content (AvgIpc) is 2.99. The van der Waals surface area contributed by atoms with Crippen LogP contribution in [-0.2, 0) is 6.42 Å². The fraction of sp³-hybridized carbons (Fsp3) is 0.500. The van der Waals surface area contributed by atoms with Gasteiger partial charge in [-0.05, 0) is 56.0 Å². The van der Waals surface area contributed by atoms with Crippen molar-refractivity contribution in [2.75, 3.05) is 13.1 Å². The normalized spacial score (nSPS) is 15.8. The van der Waals surface area contributed by atoms with Gasteiger partial charge in [-0.25, -0.2) is 0 Å². The molecule has 0 amide bonds. The highest BCUT2D eigenvalue weighted by atomic mass is 79.9. The Balaban J connectivity index is 1.66. The van der Waals surface area contributed by atoms with E-state index in [9.17, 15) is 0 Å². The molecule has 1 aliphatic rings. The van der Waals surface area contributed by atoms with Gasteiger partial charge in [0.15, 0.2) is 0 Å². The van der Waals surface area contributed by atoms with Crippen molar-refractivity contribution in [3.63, 3.8) is 0 Å². The molecule has 1 fully saturated rings. The Morgan fingerprint density at radius 1 is 1.21 bits per heavy atom. The van der Waals surface area contributed by atoms with Gasteiger partial charge in [0, 0.05) is 4.47 Å². The zero-order valence-electron chi connectivity index (χ0n) is 8.30. The van der Waals surface area contributed by atoms with Crippen molar-refractivity contribution in [1.82, 2.24) is 5.32 Å². The van der Waals surface area contributed by atoms with Gasteiger partial charge in [0.1, 0.15) is 0 Å². The molecule has 76 valence electrons. The van der Waals surface area contributed by atoms with Crippen LogP contribution in [0.15, 0.2) is 28.7 Å². The van der Waals surface area contributed by atoms with Crippen LogP contribution in [0.1, 0.15) is 18.4 Å². The van der Waals surface area contributed by atoms with Gasteiger partial charge < -0.3 is 5.32 Å². The molecule has 1 aliphatic carbocycles. The topological polar surface area (TPSA) is 12.0 Å². The SMILES string of the molecule is Brc1ccc(CCNCC2CC2)cc1. The summed E-state index contributed by atoms with van der Waals surface area (Å²) >= 11 is 3.44. The molecule has 0 spiro atoms. The fourth-order valence-corrected chi connectivity index (χ4v) is 1.78. The average molecular weight is 254 g/mol. The van der Waals surface area contributed by atoms with Gasteiger partial charge in [-0.15, -0.1) is 0 Å². The monoisotopic (exact) mass is 253 g/mol. The van der Waals surface area contributed by atoms with Crippen molar-refractivity contribution >= 4 is 15.9 Å². The van der Waals surface area contributed by atoms with Crippen molar-refractivity contribution in [2.24, 2.45) is 5.92 Å². The number of hydrogen-bond donors (Lipinski definition) is 1. The Kier molecular flexibility index (Phi) is 3.60. The van der Waals surface area contributed by atoms with Gasteiger partial charge in [0.05, 0.1) is 0 Å². The second-order valence-corrected chi connectivity index (χ2v) is 4.94. The highest BCUT2D eigenvalue weighted by Gasteiger charge is 2.19. The van der Waals surface area contributed by atoms with Crippen molar-refractivity contribution in [2.45, 2.75) is 19.3 Å². The van der Waals surface area contributed by atoms with Crippen molar-refractivity contribution in [3.8, 4) is 0 Å². The third kappa shape index (κ3) is 3.43. The summed E-state index contributed by atoms with van der Waals surface area (Å²) in [5, 5.41) is 3.50. The Hall–Kier alpha value is -0.340. The standard InChI is InChI=1S/C12H16BrN/c13-12-5-3-10(4-6-12)7-8-14-9-11-1-2-11/h3-6,11,14H,1-2,7-9H2. The van der Waals surface area contributed by atoms with Crippen LogP contribution < -0.4 is 5.32 Å². The minimum atomic E-state index is 0.986. The Morgan fingerprint density at radius 3 is 2.57 bits per heavy atom. The highest BCUT2D eigenvalue weighted by molar-refractivity contribution is 9.10. The summed E-state index contributed by atoms with van der Waals surface area (Å²) in [7, 11) is 0. The minimum absolute atomic E-state index is 0.986. The van der Waals surface area contributed by atoms with E-state index in [0.29, 0.717) is 0 Å². The lowest BCUT2D eigenvalue weighted by Gasteiger charge is -2.03. The fourth-order valence-electron chi connectivity index (χ4n) is 1.51. The smallest absolute Gasteiger partial charge is 0.0175 e. The summed E-state index contributed by atoms with van der Waals surface area (Å²) < 4.78 is 1.16. The predicted molar refractivity (Wildman–Crippen MR) is 63.4 cm³/mol. The van der Waals surface area contributed by atoms with E-state index in [1.54, 1.807) is 0 Å². The van der Waals surface area contributed by atoms with Gasteiger partial charge in [0.25, 0.3) is 0 Å². The molecule has 1 saturated carbocycles. The van der Waals surface area contributed by atoms with Gasteiger partial charge in [0.2, 0.25) is 0 Å². The zero-order valence-corrected chi connectivity index (χ0v) is 9.89. The van der Waals surface area contributed by atoms with Gasteiger partial charge in [-0.2, -0.15) is 0 Å². The first-order valence-corrected chi connectivity index (χ1v) is 6.09. The van der Waals surface area contributed by atoms with E-state index in [1.807, 2.05) is 0 Å². The summed E-state index contributed by atoms with van der Waals surface area (Å²) in [5.41, 5.74) is 1.41. The molecular formula is C12H16BrN.